The summed E-state index contributed by atoms with van der Waals surface area (Å²) in [5.74, 6) is 0.0858. The lowest BCUT2D eigenvalue weighted by Crippen LogP contribution is -2.52. The Morgan fingerprint density at radius 2 is 2.27 bits per heavy atom. The molecular weight excluding hydrogens is 278 g/mol. The van der Waals surface area contributed by atoms with Crippen LogP contribution in [0.15, 0.2) is 24.5 Å². The van der Waals surface area contributed by atoms with Crippen LogP contribution in [-0.4, -0.2) is 40.8 Å². The van der Waals surface area contributed by atoms with Crippen molar-refractivity contribution in [1.29, 1.82) is 0 Å². The van der Waals surface area contributed by atoms with E-state index in [0.29, 0.717) is 19.5 Å². The molecule has 0 spiro atoms. The molecule has 1 atom stereocenters. The summed E-state index contributed by atoms with van der Waals surface area (Å²) < 4.78 is 0. The van der Waals surface area contributed by atoms with Crippen molar-refractivity contribution in [3.05, 3.63) is 30.1 Å². The molecule has 1 aliphatic heterocycles. The lowest BCUT2D eigenvalue weighted by atomic mass is 10.0. The number of likely N-dealkylation sites (tertiary alicyclic amines) is 1. The van der Waals surface area contributed by atoms with Gasteiger partial charge in [0.2, 0.25) is 11.8 Å². The SMILES string of the molecule is CCCC(=O)N1CCCCC1C(=O)NCCc1cccnc1. The fourth-order valence-electron chi connectivity index (χ4n) is 2.85. The fourth-order valence-corrected chi connectivity index (χ4v) is 2.85. The molecule has 5 heteroatoms. The molecule has 0 saturated carbocycles. The third kappa shape index (κ3) is 4.55. The highest BCUT2D eigenvalue weighted by molar-refractivity contribution is 5.87. The smallest absolute Gasteiger partial charge is 0.242 e. The van der Waals surface area contributed by atoms with Crippen LogP contribution in [0.3, 0.4) is 0 Å². The normalized spacial score (nSPS) is 18.0. The molecule has 22 heavy (non-hydrogen) atoms. The standard InChI is InChI=1S/C17H25N3O2/c1-2-6-16(21)20-12-4-3-8-15(20)17(22)19-11-9-14-7-5-10-18-13-14/h5,7,10,13,15H,2-4,6,8-9,11-12H2,1H3,(H,19,22). The summed E-state index contributed by atoms with van der Waals surface area (Å²) in [5, 5.41) is 2.97. The number of hydrogen-bond acceptors (Lipinski definition) is 3. The number of aromatic nitrogens is 1. The van der Waals surface area contributed by atoms with Gasteiger partial charge < -0.3 is 10.2 Å². The van der Waals surface area contributed by atoms with Gasteiger partial charge in [0.25, 0.3) is 0 Å². The first-order valence-electron chi connectivity index (χ1n) is 8.18. The monoisotopic (exact) mass is 303 g/mol. The van der Waals surface area contributed by atoms with Gasteiger partial charge in [-0.3, -0.25) is 14.6 Å². The molecule has 1 aromatic rings. The first-order chi connectivity index (χ1) is 10.7. The summed E-state index contributed by atoms with van der Waals surface area (Å²) in [6.45, 7) is 3.28. The number of nitrogens with zero attached hydrogens (tertiary/aromatic N) is 2. The second kappa shape index (κ2) is 8.51. The van der Waals surface area contributed by atoms with E-state index >= 15 is 0 Å². The predicted molar refractivity (Wildman–Crippen MR) is 85.2 cm³/mol. The van der Waals surface area contributed by atoms with Crippen LogP contribution in [0.2, 0.25) is 0 Å². The molecule has 0 aromatic carbocycles. The minimum atomic E-state index is -0.290. The quantitative estimate of drug-likeness (QED) is 0.873. The molecule has 1 aromatic heterocycles. The zero-order valence-electron chi connectivity index (χ0n) is 13.3. The van der Waals surface area contributed by atoms with E-state index in [9.17, 15) is 9.59 Å². The van der Waals surface area contributed by atoms with Crippen LogP contribution in [0.25, 0.3) is 0 Å². The Morgan fingerprint density at radius 3 is 3.00 bits per heavy atom. The lowest BCUT2D eigenvalue weighted by Gasteiger charge is -2.34. The Bertz CT molecular complexity index is 490. The van der Waals surface area contributed by atoms with Gasteiger partial charge in [-0.25, -0.2) is 0 Å². The van der Waals surface area contributed by atoms with Gasteiger partial charge >= 0.3 is 0 Å². The van der Waals surface area contributed by atoms with E-state index in [1.807, 2.05) is 25.3 Å². The van der Waals surface area contributed by atoms with Gasteiger partial charge in [0.1, 0.15) is 6.04 Å². The number of carbonyl (C=O) groups is 2. The zero-order valence-corrected chi connectivity index (χ0v) is 13.3. The Morgan fingerprint density at radius 1 is 1.41 bits per heavy atom. The number of nitrogens with one attached hydrogen (secondary N) is 1. The highest BCUT2D eigenvalue weighted by Gasteiger charge is 2.31. The van der Waals surface area contributed by atoms with Crippen molar-refractivity contribution in [3.8, 4) is 0 Å². The Labute approximate surface area is 132 Å². The summed E-state index contributed by atoms with van der Waals surface area (Å²) >= 11 is 0. The molecule has 1 fully saturated rings. The van der Waals surface area contributed by atoms with Crippen molar-refractivity contribution in [2.75, 3.05) is 13.1 Å². The third-order valence-electron chi connectivity index (χ3n) is 4.03. The van der Waals surface area contributed by atoms with E-state index in [1.165, 1.54) is 0 Å². The highest BCUT2D eigenvalue weighted by atomic mass is 16.2. The van der Waals surface area contributed by atoms with E-state index in [4.69, 9.17) is 0 Å². The second-order valence-corrected chi connectivity index (χ2v) is 5.75. The van der Waals surface area contributed by atoms with Gasteiger partial charge in [-0.05, 0) is 43.7 Å². The van der Waals surface area contributed by atoms with Crippen LogP contribution in [0.4, 0.5) is 0 Å². The number of piperidine rings is 1. The maximum Gasteiger partial charge on any atom is 0.242 e. The molecule has 1 saturated heterocycles. The van der Waals surface area contributed by atoms with Crippen LogP contribution < -0.4 is 5.32 Å². The number of carbonyl (C=O) groups excluding carboxylic acids is 2. The molecule has 120 valence electrons. The lowest BCUT2D eigenvalue weighted by molar-refractivity contribution is -0.142. The van der Waals surface area contributed by atoms with Crippen molar-refractivity contribution in [2.24, 2.45) is 0 Å². The van der Waals surface area contributed by atoms with Crippen LogP contribution in [-0.2, 0) is 16.0 Å². The van der Waals surface area contributed by atoms with E-state index in [2.05, 4.69) is 10.3 Å². The molecule has 1 unspecified atom stereocenters. The van der Waals surface area contributed by atoms with Crippen LogP contribution in [0, 0.1) is 0 Å². The molecular formula is C17H25N3O2. The molecule has 1 aliphatic rings. The van der Waals surface area contributed by atoms with E-state index < -0.39 is 0 Å². The maximum atomic E-state index is 12.4. The number of amides is 2. The van der Waals surface area contributed by atoms with Gasteiger partial charge in [-0.1, -0.05) is 13.0 Å². The highest BCUT2D eigenvalue weighted by Crippen LogP contribution is 2.18. The summed E-state index contributed by atoms with van der Waals surface area (Å²) in [5.41, 5.74) is 1.10. The Kier molecular flexibility index (Phi) is 6.37. The molecule has 2 rings (SSSR count). The summed E-state index contributed by atoms with van der Waals surface area (Å²) in [6, 6.07) is 3.60. The molecule has 0 bridgehead atoms. The van der Waals surface area contributed by atoms with Gasteiger partial charge in [-0.15, -0.1) is 0 Å². The molecule has 0 aliphatic carbocycles. The zero-order chi connectivity index (χ0) is 15.8. The Hall–Kier alpha value is -1.91. The first kappa shape index (κ1) is 16.5. The van der Waals surface area contributed by atoms with E-state index in [0.717, 1.165) is 37.7 Å². The van der Waals surface area contributed by atoms with Crippen molar-refractivity contribution in [2.45, 2.75) is 51.5 Å². The molecule has 5 nitrogen and oxygen atoms in total. The molecule has 1 N–H and O–H groups in total. The summed E-state index contributed by atoms with van der Waals surface area (Å²) in [7, 11) is 0. The van der Waals surface area contributed by atoms with Crippen LogP contribution in [0.5, 0.6) is 0 Å². The van der Waals surface area contributed by atoms with Gasteiger partial charge in [0.05, 0.1) is 0 Å². The molecule has 2 amide bonds. The van der Waals surface area contributed by atoms with Gasteiger partial charge in [-0.2, -0.15) is 0 Å². The van der Waals surface area contributed by atoms with Crippen LogP contribution in [0.1, 0.15) is 44.6 Å². The van der Waals surface area contributed by atoms with Crippen LogP contribution >= 0.6 is 0 Å². The minimum absolute atomic E-state index is 0.0203. The third-order valence-corrected chi connectivity index (χ3v) is 4.03. The number of rotatable bonds is 6. The fraction of sp³-hybridized carbons (Fsp3) is 0.588. The second-order valence-electron chi connectivity index (χ2n) is 5.75. The van der Waals surface area contributed by atoms with Crippen molar-refractivity contribution < 1.29 is 9.59 Å². The molecule has 0 radical (unpaired) electrons. The predicted octanol–water partition coefficient (Wildman–Crippen LogP) is 1.92. The van der Waals surface area contributed by atoms with Crippen molar-refractivity contribution in [3.63, 3.8) is 0 Å². The van der Waals surface area contributed by atoms with E-state index in [1.54, 1.807) is 11.1 Å². The average Bonchev–Trinajstić information content (AvgIpc) is 2.56. The number of hydrogen-bond donors (Lipinski definition) is 1. The topological polar surface area (TPSA) is 62.3 Å². The van der Waals surface area contributed by atoms with Crippen molar-refractivity contribution in [1.82, 2.24) is 15.2 Å². The molecule has 2 heterocycles. The van der Waals surface area contributed by atoms with Gasteiger partial charge in [0, 0.05) is 31.9 Å². The summed E-state index contributed by atoms with van der Waals surface area (Å²) in [4.78, 5) is 30.4. The summed E-state index contributed by atoms with van der Waals surface area (Å²) in [6.07, 6.45) is 8.43. The van der Waals surface area contributed by atoms with E-state index in [-0.39, 0.29) is 17.9 Å². The maximum absolute atomic E-state index is 12.4. The average molecular weight is 303 g/mol. The minimum Gasteiger partial charge on any atom is -0.354 e. The van der Waals surface area contributed by atoms with Gasteiger partial charge in [0.15, 0.2) is 0 Å². The van der Waals surface area contributed by atoms with Crippen molar-refractivity contribution >= 4 is 11.8 Å². The Balaban J connectivity index is 1.85. The largest absolute Gasteiger partial charge is 0.354 e. The number of pyridine rings is 1. The first-order valence-corrected chi connectivity index (χ1v) is 8.18.